The summed E-state index contributed by atoms with van der Waals surface area (Å²) in [6, 6.07) is 10.2. The molecule has 0 aliphatic heterocycles. The van der Waals surface area contributed by atoms with E-state index < -0.39 is 0 Å². The van der Waals surface area contributed by atoms with Crippen molar-refractivity contribution in [1.29, 1.82) is 0 Å². The Morgan fingerprint density at radius 3 is 2.70 bits per heavy atom. The molecular weight excluding hydrogens is 298 g/mol. The van der Waals surface area contributed by atoms with Crippen LogP contribution in [0.2, 0.25) is 5.02 Å². The van der Waals surface area contributed by atoms with Crippen molar-refractivity contribution in [3.63, 3.8) is 0 Å². The molecule has 2 nitrogen and oxygen atoms in total. The first kappa shape index (κ1) is 13.4. The number of halogens is 3. The summed E-state index contributed by atoms with van der Waals surface area (Å²) >= 11 is 12.1. The Bertz CT molecular complexity index is 796. The van der Waals surface area contributed by atoms with Crippen LogP contribution in [-0.4, -0.2) is 9.55 Å². The van der Waals surface area contributed by atoms with Crippen molar-refractivity contribution >= 4 is 34.2 Å². The standard InChI is InChI=1S/C15H11Cl2FN2/c1-9-2-4-11(7-12(9)17)20-14-5-3-10(18)6-13(14)19-15(20)8-16/h2-7H,8H2,1H3. The van der Waals surface area contributed by atoms with E-state index in [1.807, 2.05) is 29.7 Å². The summed E-state index contributed by atoms with van der Waals surface area (Å²) in [7, 11) is 0. The van der Waals surface area contributed by atoms with Crippen LogP contribution in [0.25, 0.3) is 16.7 Å². The number of aromatic nitrogens is 2. The fraction of sp³-hybridized carbons (Fsp3) is 0.133. The molecule has 102 valence electrons. The van der Waals surface area contributed by atoms with Gasteiger partial charge in [-0.15, -0.1) is 11.6 Å². The highest BCUT2D eigenvalue weighted by Crippen LogP contribution is 2.26. The van der Waals surface area contributed by atoms with Crippen LogP contribution in [0.4, 0.5) is 4.39 Å². The molecule has 3 aromatic rings. The van der Waals surface area contributed by atoms with Gasteiger partial charge in [0.15, 0.2) is 0 Å². The molecule has 3 rings (SSSR count). The van der Waals surface area contributed by atoms with Crippen LogP contribution in [-0.2, 0) is 5.88 Å². The maximum Gasteiger partial charge on any atom is 0.129 e. The molecule has 1 aromatic heterocycles. The topological polar surface area (TPSA) is 17.8 Å². The average molecular weight is 309 g/mol. The van der Waals surface area contributed by atoms with Gasteiger partial charge in [-0.25, -0.2) is 9.37 Å². The van der Waals surface area contributed by atoms with Gasteiger partial charge in [0, 0.05) is 16.8 Å². The predicted molar refractivity (Wildman–Crippen MR) is 80.3 cm³/mol. The smallest absolute Gasteiger partial charge is 0.129 e. The van der Waals surface area contributed by atoms with E-state index in [2.05, 4.69) is 4.98 Å². The Hall–Kier alpha value is -1.58. The number of aryl methyl sites for hydroxylation is 1. The zero-order valence-electron chi connectivity index (χ0n) is 10.7. The van der Waals surface area contributed by atoms with Gasteiger partial charge in [0.2, 0.25) is 0 Å². The van der Waals surface area contributed by atoms with E-state index in [1.54, 1.807) is 6.07 Å². The number of benzene rings is 2. The number of nitrogens with zero attached hydrogens (tertiary/aromatic N) is 2. The zero-order chi connectivity index (χ0) is 14.3. The molecule has 5 heteroatoms. The molecule has 0 radical (unpaired) electrons. The highest BCUT2D eigenvalue weighted by molar-refractivity contribution is 6.31. The van der Waals surface area contributed by atoms with Crippen LogP contribution in [0.1, 0.15) is 11.4 Å². The zero-order valence-corrected chi connectivity index (χ0v) is 12.2. The van der Waals surface area contributed by atoms with E-state index in [-0.39, 0.29) is 11.7 Å². The van der Waals surface area contributed by atoms with E-state index in [0.29, 0.717) is 16.4 Å². The average Bonchev–Trinajstić information content (AvgIpc) is 2.79. The lowest BCUT2D eigenvalue weighted by Crippen LogP contribution is -1.99. The van der Waals surface area contributed by atoms with Crippen LogP contribution >= 0.6 is 23.2 Å². The van der Waals surface area contributed by atoms with Gasteiger partial charge < -0.3 is 0 Å². The molecular formula is C15H11Cl2FN2. The second kappa shape index (κ2) is 5.08. The van der Waals surface area contributed by atoms with Crippen LogP contribution in [0.15, 0.2) is 36.4 Å². The first-order valence-electron chi connectivity index (χ1n) is 6.09. The van der Waals surface area contributed by atoms with Gasteiger partial charge >= 0.3 is 0 Å². The summed E-state index contributed by atoms with van der Waals surface area (Å²) in [5.74, 6) is 0.583. The van der Waals surface area contributed by atoms with Gasteiger partial charge in [0.05, 0.1) is 16.9 Å². The second-order valence-electron chi connectivity index (χ2n) is 4.56. The van der Waals surface area contributed by atoms with Crippen molar-refractivity contribution in [2.45, 2.75) is 12.8 Å². The molecule has 0 amide bonds. The van der Waals surface area contributed by atoms with E-state index in [0.717, 1.165) is 16.8 Å². The molecule has 0 saturated heterocycles. The Balaban J connectivity index is 2.30. The fourth-order valence-electron chi connectivity index (χ4n) is 2.20. The Morgan fingerprint density at radius 1 is 1.20 bits per heavy atom. The van der Waals surface area contributed by atoms with Crippen LogP contribution in [0.3, 0.4) is 0 Å². The third-order valence-corrected chi connectivity index (χ3v) is 3.87. The number of hydrogen-bond acceptors (Lipinski definition) is 1. The van der Waals surface area contributed by atoms with Crippen molar-refractivity contribution in [3.05, 3.63) is 58.6 Å². The summed E-state index contributed by atoms with van der Waals surface area (Å²) in [6.45, 7) is 1.94. The summed E-state index contributed by atoms with van der Waals surface area (Å²) in [5, 5.41) is 0.673. The maximum atomic E-state index is 13.3. The minimum Gasteiger partial charge on any atom is -0.295 e. The van der Waals surface area contributed by atoms with E-state index in [4.69, 9.17) is 23.2 Å². The fourth-order valence-corrected chi connectivity index (χ4v) is 2.56. The molecule has 0 N–H and O–H groups in total. The maximum absolute atomic E-state index is 13.3. The third kappa shape index (κ3) is 2.17. The minimum absolute atomic E-state index is 0.238. The van der Waals surface area contributed by atoms with Crippen molar-refractivity contribution in [1.82, 2.24) is 9.55 Å². The molecule has 0 saturated carbocycles. The van der Waals surface area contributed by atoms with Gasteiger partial charge in [0.25, 0.3) is 0 Å². The van der Waals surface area contributed by atoms with Crippen molar-refractivity contribution in [2.75, 3.05) is 0 Å². The van der Waals surface area contributed by atoms with E-state index >= 15 is 0 Å². The third-order valence-electron chi connectivity index (χ3n) is 3.22. The number of fused-ring (bicyclic) bond motifs is 1. The van der Waals surface area contributed by atoms with Gasteiger partial charge in [0.1, 0.15) is 11.6 Å². The monoisotopic (exact) mass is 308 g/mol. The van der Waals surface area contributed by atoms with Gasteiger partial charge in [-0.1, -0.05) is 17.7 Å². The summed E-state index contributed by atoms with van der Waals surface area (Å²) < 4.78 is 15.2. The Labute approximate surface area is 125 Å². The predicted octanol–water partition coefficient (Wildman–Crippen LogP) is 4.87. The Kier molecular flexibility index (Phi) is 3.40. The lowest BCUT2D eigenvalue weighted by atomic mass is 10.2. The number of imidazole rings is 1. The van der Waals surface area contributed by atoms with Gasteiger partial charge in [-0.3, -0.25) is 4.57 Å². The van der Waals surface area contributed by atoms with E-state index in [1.165, 1.54) is 12.1 Å². The number of hydrogen-bond donors (Lipinski definition) is 0. The largest absolute Gasteiger partial charge is 0.295 e. The van der Waals surface area contributed by atoms with Crippen LogP contribution < -0.4 is 0 Å². The van der Waals surface area contributed by atoms with Crippen molar-refractivity contribution in [2.24, 2.45) is 0 Å². The first-order chi connectivity index (χ1) is 9.60. The van der Waals surface area contributed by atoms with Crippen LogP contribution in [0.5, 0.6) is 0 Å². The molecule has 0 atom stereocenters. The normalized spacial score (nSPS) is 11.2. The molecule has 20 heavy (non-hydrogen) atoms. The van der Waals surface area contributed by atoms with Crippen molar-refractivity contribution in [3.8, 4) is 5.69 Å². The molecule has 0 aliphatic rings. The highest BCUT2D eigenvalue weighted by atomic mass is 35.5. The SMILES string of the molecule is Cc1ccc(-n2c(CCl)nc3cc(F)ccc32)cc1Cl. The molecule has 2 aromatic carbocycles. The minimum atomic E-state index is -0.315. The molecule has 0 fully saturated rings. The van der Waals surface area contributed by atoms with Crippen molar-refractivity contribution < 1.29 is 4.39 Å². The van der Waals surface area contributed by atoms with E-state index in [9.17, 15) is 4.39 Å². The Morgan fingerprint density at radius 2 is 2.00 bits per heavy atom. The summed E-state index contributed by atoms with van der Waals surface area (Å²) in [5.41, 5.74) is 3.25. The summed E-state index contributed by atoms with van der Waals surface area (Å²) in [6.07, 6.45) is 0. The molecule has 0 bridgehead atoms. The van der Waals surface area contributed by atoms with Gasteiger partial charge in [-0.2, -0.15) is 0 Å². The van der Waals surface area contributed by atoms with Gasteiger partial charge in [-0.05, 0) is 36.8 Å². The highest BCUT2D eigenvalue weighted by Gasteiger charge is 2.13. The summed E-state index contributed by atoms with van der Waals surface area (Å²) in [4.78, 5) is 4.37. The lowest BCUT2D eigenvalue weighted by molar-refractivity contribution is 0.629. The number of rotatable bonds is 2. The molecule has 1 heterocycles. The lowest BCUT2D eigenvalue weighted by Gasteiger charge is -2.09. The van der Waals surface area contributed by atoms with Crippen LogP contribution in [0, 0.1) is 12.7 Å². The molecule has 0 spiro atoms. The number of alkyl halides is 1. The first-order valence-corrected chi connectivity index (χ1v) is 7.01. The molecule has 0 aliphatic carbocycles. The molecule has 0 unspecified atom stereocenters. The quantitative estimate of drug-likeness (QED) is 0.618. The second-order valence-corrected chi connectivity index (χ2v) is 5.24.